The summed E-state index contributed by atoms with van der Waals surface area (Å²) < 4.78 is 19.6. The van der Waals surface area contributed by atoms with Gasteiger partial charge in [0.1, 0.15) is 17.6 Å². The number of nitrogens with zero attached hydrogens (tertiary/aromatic N) is 4. The van der Waals surface area contributed by atoms with Crippen LogP contribution in [0.15, 0.2) is 24.4 Å². The molecule has 2 amide bonds. The number of ether oxygens (including phenoxy) is 1. The van der Waals surface area contributed by atoms with E-state index >= 15 is 0 Å². The van der Waals surface area contributed by atoms with Crippen molar-refractivity contribution in [3.05, 3.63) is 30.0 Å². The number of benzene rings is 1. The molecule has 0 unspecified atom stereocenters. The Kier molecular flexibility index (Phi) is 6.36. The molecular formula is C28H35FN6O3. The smallest absolute Gasteiger partial charge is 0.251 e. The van der Waals surface area contributed by atoms with E-state index in [-0.39, 0.29) is 17.2 Å². The number of aromatic nitrogens is 2. The van der Waals surface area contributed by atoms with Crippen molar-refractivity contribution < 1.29 is 18.7 Å². The molecule has 0 radical (unpaired) electrons. The van der Waals surface area contributed by atoms with Gasteiger partial charge in [-0.25, -0.2) is 9.37 Å². The molecule has 10 heteroatoms. The van der Waals surface area contributed by atoms with E-state index in [0.717, 1.165) is 43.6 Å². The largest absolute Gasteiger partial charge is 0.495 e. The third kappa shape index (κ3) is 4.43. The molecule has 202 valence electrons. The van der Waals surface area contributed by atoms with E-state index in [2.05, 4.69) is 20.5 Å². The zero-order chi connectivity index (χ0) is 26.4. The molecule has 2 N–H and O–H groups in total. The molecule has 3 fully saturated rings. The summed E-state index contributed by atoms with van der Waals surface area (Å²) in [6.07, 6.45) is 9.03. The monoisotopic (exact) mass is 522 g/mol. The number of hydrogen-bond donors (Lipinski definition) is 2. The first kappa shape index (κ1) is 24.9. The van der Waals surface area contributed by atoms with E-state index < -0.39 is 12.2 Å². The van der Waals surface area contributed by atoms with Crippen molar-refractivity contribution in [2.75, 3.05) is 35.8 Å². The molecule has 6 rings (SSSR count). The summed E-state index contributed by atoms with van der Waals surface area (Å²) in [5.41, 5.74) is 1.42. The molecule has 2 atom stereocenters. The Balaban J connectivity index is 1.27. The Morgan fingerprint density at radius 3 is 2.63 bits per heavy atom. The number of rotatable bonds is 6. The van der Waals surface area contributed by atoms with Gasteiger partial charge in [0, 0.05) is 25.2 Å². The molecule has 2 heterocycles. The molecule has 3 saturated carbocycles. The van der Waals surface area contributed by atoms with Crippen LogP contribution in [0.3, 0.4) is 0 Å². The summed E-state index contributed by atoms with van der Waals surface area (Å²) in [5, 5.41) is 6.05. The quantitative estimate of drug-likeness (QED) is 0.582. The van der Waals surface area contributed by atoms with Crippen LogP contribution in [0.1, 0.15) is 68.1 Å². The van der Waals surface area contributed by atoms with Gasteiger partial charge in [-0.15, -0.1) is 0 Å². The standard InChI is InChI=1S/C28H35FN6O3/c1-34-22-15-30-27(33-24(22)35(18-6-3-4-7-18)16-28(12-13-28)26(34)37)32-21-11-10-17(14-23(21)38-2)25(36)31-20-9-5-8-19(20)29/h10-11,14-15,18-20H,3-9,12-13,16H2,1-2H3,(H,31,36)(H,30,32,33)/t19-,20+/m0/s1. The highest BCUT2D eigenvalue weighted by Gasteiger charge is 2.55. The maximum atomic E-state index is 14.0. The number of hydrogen-bond acceptors (Lipinski definition) is 7. The summed E-state index contributed by atoms with van der Waals surface area (Å²) >= 11 is 0. The van der Waals surface area contributed by atoms with Gasteiger partial charge in [-0.2, -0.15) is 4.98 Å². The van der Waals surface area contributed by atoms with Crippen molar-refractivity contribution >= 4 is 35.0 Å². The van der Waals surface area contributed by atoms with Crippen LogP contribution in [0.5, 0.6) is 5.75 Å². The fourth-order valence-electron chi connectivity index (χ4n) is 6.23. The second kappa shape index (κ2) is 9.71. The summed E-state index contributed by atoms with van der Waals surface area (Å²) in [6.45, 7) is 0.693. The fourth-order valence-corrected chi connectivity index (χ4v) is 6.23. The normalized spacial score (nSPS) is 24.3. The highest BCUT2D eigenvalue weighted by molar-refractivity contribution is 6.03. The second-order valence-corrected chi connectivity index (χ2v) is 11.2. The minimum Gasteiger partial charge on any atom is -0.495 e. The lowest BCUT2D eigenvalue weighted by Crippen LogP contribution is -2.41. The molecule has 2 aromatic rings. The first-order valence-electron chi connectivity index (χ1n) is 13.7. The number of anilines is 4. The second-order valence-electron chi connectivity index (χ2n) is 11.2. The van der Waals surface area contributed by atoms with Crippen LogP contribution in [-0.4, -0.2) is 60.7 Å². The minimum absolute atomic E-state index is 0.149. The summed E-state index contributed by atoms with van der Waals surface area (Å²) in [4.78, 5) is 39.5. The molecule has 1 aromatic carbocycles. The number of amides is 2. The van der Waals surface area contributed by atoms with Gasteiger partial charge in [0.25, 0.3) is 5.91 Å². The fraction of sp³-hybridized carbons (Fsp3) is 0.571. The lowest BCUT2D eigenvalue weighted by atomic mass is 10.0. The van der Waals surface area contributed by atoms with E-state index in [9.17, 15) is 14.0 Å². The highest BCUT2D eigenvalue weighted by Crippen LogP contribution is 2.52. The van der Waals surface area contributed by atoms with Crippen molar-refractivity contribution in [1.29, 1.82) is 0 Å². The zero-order valence-electron chi connectivity index (χ0n) is 22.0. The molecule has 38 heavy (non-hydrogen) atoms. The Morgan fingerprint density at radius 2 is 1.95 bits per heavy atom. The van der Waals surface area contributed by atoms with Crippen molar-refractivity contribution in [3.63, 3.8) is 0 Å². The van der Waals surface area contributed by atoms with Crippen molar-refractivity contribution in [2.24, 2.45) is 5.41 Å². The van der Waals surface area contributed by atoms with Crippen LogP contribution in [0.2, 0.25) is 0 Å². The van der Waals surface area contributed by atoms with E-state index in [1.165, 1.54) is 20.0 Å². The van der Waals surface area contributed by atoms with Gasteiger partial charge in [-0.05, 0) is 63.1 Å². The predicted molar refractivity (Wildman–Crippen MR) is 143 cm³/mol. The van der Waals surface area contributed by atoms with Crippen LogP contribution in [0.25, 0.3) is 0 Å². The Hall–Kier alpha value is -3.43. The summed E-state index contributed by atoms with van der Waals surface area (Å²) in [6, 6.07) is 4.98. The number of alkyl halides is 1. The number of carbonyl (C=O) groups is 2. The summed E-state index contributed by atoms with van der Waals surface area (Å²) in [5.74, 6) is 1.45. The van der Waals surface area contributed by atoms with Gasteiger partial charge in [0.15, 0.2) is 5.82 Å². The Labute approximate surface area is 222 Å². The highest BCUT2D eigenvalue weighted by atomic mass is 19.1. The summed E-state index contributed by atoms with van der Waals surface area (Å²) in [7, 11) is 3.35. The topological polar surface area (TPSA) is 99.7 Å². The molecular weight excluding hydrogens is 487 g/mol. The number of carbonyl (C=O) groups excluding carboxylic acids is 2. The van der Waals surface area contributed by atoms with Gasteiger partial charge < -0.3 is 25.2 Å². The van der Waals surface area contributed by atoms with E-state index in [1.807, 2.05) is 7.05 Å². The molecule has 1 spiro atoms. The third-order valence-corrected chi connectivity index (χ3v) is 8.69. The number of fused-ring (bicyclic) bond motifs is 1. The Bertz CT molecular complexity index is 1250. The first-order chi connectivity index (χ1) is 18.4. The van der Waals surface area contributed by atoms with Crippen molar-refractivity contribution in [1.82, 2.24) is 15.3 Å². The van der Waals surface area contributed by atoms with Gasteiger partial charge in [-0.1, -0.05) is 12.8 Å². The molecule has 0 saturated heterocycles. The molecule has 9 nitrogen and oxygen atoms in total. The van der Waals surface area contributed by atoms with E-state index in [1.54, 1.807) is 29.3 Å². The van der Waals surface area contributed by atoms with E-state index in [4.69, 9.17) is 9.72 Å². The van der Waals surface area contributed by atoms with Crippen molar-refractivity contribution in [3.8, 4) is 5.75 Å². The van der Waals surface area contributed by atoms with Crippen LogP contribution >= 0.6 is 0 Å². The zero-order valence-corrected chi connectivity index (χ0v) is 22.0. The maximum absolute atomic E-state index is 14.0. The van der Waals surface area contributed by atoms with Crippen molar-refractivity contribution in [2.45, 2.75) is 76.0 Å². The molecule has 0 bridgehead atoms. The molecule has 3 aliphatic carbocycles. The maximum Gasteiger partial charge on any atom is 0.251 e. The number of halogens is 1. The average Bonchev–Trinajstić information content (AvgIpc) is 3.32. The van der Waals surface area contributed by atoms with Gasteiger partial charge >= 0.3 is 0 Å². The van der Waals surface area contributed by atoms with E-state index in [0.29, 0.717) is 48.4 Å². The predicted octanol–water partition coefficient (Wildman–Crippen LogP) is 4.35. The number of methoxy groups -OCH3 is 1. The van der Waals surface area contributed by atoms with Crippen LogP contribution in [-0.2, 0) is 4.79 Å². The molecule has 4 aliphatic rings. The van der Waals surface area contributed by atoms with Gasteiger partial charge in [0.05, 0.1) is 30.5 Å². The third-order valence-electron chi connectivity index (χ3n) is 8.69. The SMILES string of the molecule is COc1cc(C(=O)N[C@@H]2CCC[C@@H]2F)ccc1Nc1ncc2c(n1)N(C1CCCC1)CC1(CC1)C(=O)N2C. The lowest BCUT2D eigenvalue weighted by molar-refractivity contribution is -0.122. The molecule has 1 aliphatic heterocycles. The minimum atomic E-state index is -1.000. The molecule has 1 aromatic heterocycles. The van der Waals surface area contributed by atoms with Crippen LogP contribution in [0.4, 0.5) is 27.5 Å². The average molecular weight is 523 g/mol. The van der Waals surface area contributed by atoms with Crippen LogP contribution < -0.4 is 25.2 Å². The first-order valence-corrected chi connectivity index (χ1v) is 13.7. The lowest BCUT2D eigenvalue weighted by Gasteiger charge is -2.31. The van der Waals surface area contributed by atoms with Gasteiger partial charge in [0.2, 0.25) is 11.9 Å². The Morgan fingerprint density at radius 1 is 1.16 bits per heavy atom. The van der Waals surface area contributed by atoms with Gasteiger partial charge in [-0.3, -0.25) is 9.59 Å². The number of nitrogens with one attached hydrogen (secondary N) is 2. The van der Waals surface area contributed by atoms with Crippen LogP contribution in [0, 0.1) is 5.41 Å².